The lowest BCUT2D eigenvalue weighted by Gasteiger charge is -2.26. The Morgan fingerprint density at radius 3 is 2.74 bits per heavy atom. The van der Waals surface area contributed by atoms with Crippen LogP contribution in [0.25, 0.3) is 16.3 Å². The number of thiazole rings is 1. The summed E-state index contributed by atoms with van der Waals surface area (Å²) in [7, 11) is -3.48. The van der Waals surface area contributed by atoms with Crippen LogP contribution in [0.5, 0.6) is 0 Å². The predicted molar refractivity (Wildman–Crippen MR) is 110 cm³/mol. The van der Waals surface area contributed by atoms with Gasteiger partial charge in [-0.3, -0.25) is 0 Å². The van der Waals surface area contributed by atoms with Crippen LogP contribution >= 0.6 is 11.3 Å². The number of nitrogens with zero attached hydrogens (tertiary/aromatic N) is 2. The van der Waals surface area contributed by atoms with Gasteiger partial charge in [-0.15, -0.1) is 11.3 Å². The molecule has 1 aliphatic carbocycles. The molecule has 1 aromatic heterocycles. The molecule has 2 aromatic carbocycles. The predicted octanol–water partition coefficient (Wildman–Crippen LogP) is 4.75. The van der Waals surface area contributed by atoms with Gasteiger partial charge in [-0.05, 0) is 55.0 Å². The van der Waals surface area contributed by atoms with E-state index >= 15 is 0 Å². The van der Waals surface area contributed by atoms with E-state index < -0.39 is 10.0 Å². The summed E-state index contributed by atoms with van der Waals surface area (Å²) in [6.07, 6.45) is 4.93. The SMILES string of the molecule is O=S(=O)(C1=Cc2ccccc2CC1)N1CCC[C@H]1c1nc2ccccc2s1. The average Bonchev–Trinajstić information content (AvgIpc) is 3.34. The van der Waals surface area contributed by atoms with Crippen molar-refractivity contribution in [3.63, 3.8) is 0 Å². The van der Waals surface area contributed by atoms with E-state index in [1.54, 1.807) is 15.6 Å². The zero-order valence-corrected chi connectivity index (χ0v) is 16.5. The van der Waals surface area contributed by atoms with E-state index in [4.69, 9.17) is 4.98 Å². The largest absolute Gasteiger partial charge is 0.239 e. The smallest absolute Gasteiger partial charge is 0.239 e. The number of fused-ring (bicyclic) bond motifs is 2. The fourth-order valence-corrected chi connectivity index (χ4v) is 7.10. The summed E-state index contributed by atoms with van der Waals surface area (Å²) in [5.41, 5.74) is 3.20. The lowest BCUT2D eigenvalue weighted by atomic mass is 9.98. The number of aryl methyl sites for hydroxylation is 1. The Hall–Kier alpha value is -2.02. The van der Waals surface area contributed by atoms with Gasteiger partial charge < -0.3 is 0 Å². The molecule has 2 heterocycles. The first-order valence-electron chi connectivity index (χ1n) is 9.29. The normalized spacial score (nSPS) is 20.6. The van der Waals surface area contributed by atoms with Crippen LogP contribution in [0.2, 0.25) is 0 Å². The highest BCUT2D eigenvalue weighted by Gasteiger charge is 2.39. The number of allylic oxidation sites excluding steroid dienone is 1. The van der Waals surface area contributed by atoms with Gasteiger partial charge in [0.1, 0.15) is 5.01 Å². The fourth-order valence-electron chi connectivity index (χ4n) is 4.07. The van der Waals surface area contributed by atoms with Crippen molar-refractivity contribution >= 4 is 37.7 Å². The Balaban J connectivity index is 1.52. The first-order valence-corrected chi connectivity index (χ1v) is 11.5. The molecule has 1 atom stereocenters. The van der Waals surface area contributed by atoms with Crippen molar-refractivity contribution in [2.75, 3.05) is 6.54 Å². The lowest BCUT2D eigenvalue weighted by Crippen LogP contribution is -2.32. The summed E-state index contributed by atoms with van der Waals surface area (Å²) in [4.78, 5) is 5.27. The third-order valence-corrected chi connectivity index (χ3v) is 8.63. The zero-order valence-electron chi connectivity index (χ0n) is 14.8. The zero-order chi connectivity index (χ0) is 18.4. The Kier molecular flexibility index (Phi) is 4.15. The third kappa shape index (κ3) is 2.92. The van der Waals surface area contributed by atoms with E-state index in [-0.39, 0.29) is 6.04 Å². The standard InChI is InChI=1S/C21H20N2O2S2/c24-27(25,17-12-11-15-6-1-2-7-16(15)14-17)23-13-5-9-19(23)21-22-18-8-3-4-10-20(18)26-21/h1-4,6-8,10,14,19H,5,9,11-13H2/t19-/m0/s1. The maximum Gasteiger partial charge on any atom is 0.239 e. The van der Waals surface area contributed by atoms with E-state index in [2.05, 4.69) is 6.07 Å². The van der Waals surface area contributed by atoms with Gasteiger partial charge in [-0.2, -0.15) is 4.31 Å². The summed E-state index contributed by atoms with van der Waals surface area (Å²) in [5, 5.41) is 0.911. The van der Waals surface area contributed by atoms with Crippen molar-refractivity contribution in [3.05, 3.63) is 69.6 Å². The highest BCUT2D eigenvalue weighted by atomic mass is 32.2. The summed E-state index contributed by atoms with van der Waals surface area (Å²) in [6.45, 7) is 0.571. The second kappa shape index (κ2) is 6.55. The fraction of sp³-hybridized carbons (Fsp3) is 0.286. The quantitative estimate of drug-likeness (QED) is 0.642. The topological polar surface area (TPSA) is 50.3 Å². The van der Waals surface area contributed by atoms with Gasteiger partial charge in [0.2, 0.25) is 10.0 Å². The summed E-state index contributed by atoms with van der Waals surface area (Å²) in [6, 6.07) is 15.9. The second-order valence-electron chi connectivity index (χ2n) is 7.10. The number of sulfonamides is 1. The maximum absolute atomic E-state index is 13.4. The first-order chi connectivity index (χ1) is 13.1. The minimum absolute atomic E-state index is 0.148. The molecule has 0 unspecified atom stereocenters. The third-order valence-electron chi connectivity index (χ3n) is 5.45. The number of hydrogen-bond acceptors (Lipinski definition) is 4. The summed E-state index contributed by atoms with van der Waals surface area (Å²) >= 11 is 1.61. The van der Waals surface area contributed by atoms with E-state index in [1.807, 2.05) is 48.5 Å². The highest BCUT2D eigenvalue weighted by Crippen LogP contribution is 2.41. The van der Waals surface area contributed by atoms with E-state index in [0.29, 0.717) is 17.9 Å². The highest BCUT2D eigenvalue weighted by molar-refractivity contribution is 7.93. The summed E-state index contributed by atoms with van der Waals surface area (Å²) < 4.78 is 29.7. The molecule has 1 aliphatic heterocycles. The van der Waals surface area contributed by atoms with E-state index in [0.717, 1.165) is 40.1 Å². The molecule has 4 nitrogen and oxygen atoms in total. The van der Waals surface area contributed by atoms with Gasteiger partial charge in [0, 0.05) is 6.54 Å². The molecule has 0 saturated carbocycles. The van der Waals surface area contributed by atoms with Crippen molar-refractivity contribution < 1.29 is 8.42 Å². The number of hydrogen-bond donors (Lipinski definition) is 0. The van der Waals surface area contributed by atoms with Gasteiger partial charge in [0.15, 0.2) is 0 Å². The lowest BCUT2D eigenvalue weighted by molar-refractivity contribution is 0.399. The van der Waals surface area contributed by atoms with Gasteiger partial charge in [-0.1, -0.05) is 36.4 Å². The van der Waals surface area contributed by atoms with Gasteiger partial charge in [0.25, 0.3) is 0 Å². The molecule has 0 bridgehead atoms. The Bertz CT molecular complexity index is 1110. The van der Waals surface area contributed by atoms with Crippen LogP contribution in [0.1, 0.15) is 41.4 Å². The molecule has 5 rings (SSSR count). The summed E-state index contributed by atoms with van der Waals surface area (Å²) in [5.74, 6) is 0. The Morgan fingerprint density at radius 2 is 1.85 bits per heavy atom. The second-order valence-corrected chi connectivity index (χ2v) is 10.1. The van der Waals surface area contributed by atoms with Crippen LogP contribution < -0.4 is 0 Å². The molecule has 3 aromatic rings. The van der Waals surface area contributed by atoms with Crippen LogP contribution in [0.15, 0.2) is 53.4 Å². The molecule has 0 spiro atoms. The van der Waals surface area contributed by atoms with Gasteiger partial charge in [-0.25, -0.2) is 13.4 Å². The number of benzene rings is 2. The van der Waals surface area contributed by atoms with Crippen LogP contribution in [0, 0.1) is 0 Å². The average molecular weight is 397 g/mol. The molecule has 1 saturated heterocycles. The van der Waals surface area contributed by atoms with Gasteiger partial charge >= 0.3 is 0 Å². The van der Waals surface area contributed by atoms with Crippen molar-refractivity contribution in [2.24, 2.45) is 0 Å². The van der Waals surface area contributed by atoms with Crippen LogP contribution in [0.3, 0.4) is 0 Å². The molecule has 0 N–H and O–H groups in total. The molecule has 1 fully saturated rings. The maximum atomic E-state index is 13.4. The molecule has 2 aliphatic rings. The molecule has 0 amide bonds. The number of aromatic nitrogens is 1. The van der Waals surface area contributed by atoms with Crippen molar-refractivity contribution in [1.82, 2.24) is 9.29 Å². The van der Waals surface area contributed by atoms with Gasteiger partial charge in [0.05, 0.1) is 21.2 Å². The number of para-hydroxylation sites is 1. The minimum atomic E-state index is -3.48. The van der Waals surface area contributed by atoms with Crippen molar-refractivity contribution in [3.8, 4) is 0 Å². The van der Waals surface area contributed by atoms with E-state index in [9.17, 15) is 8.42 Å². The molecule has 6 heteroatoms. The van der Waals surface area contributed by atoms with Crippen LogP contribution in [0.4, 0.5) is 0 Å². The van der Waals surface area contributed by atoms with Crippen LogP contribution in [-0.2, 0) is 16.4 Å². The molecular weight excluding hydrogens is 376 g/mol. The number of rotatable bonds is 3. The molecule has 138 valence electrons. The van der Waals surface area contributed by atoms with Crippen molar-refractivity contribution in [1.29, 1.82) is 0 Å². The van der Waals surface area contributed by atoms with Crippen LogP contribution in [-0.4, -0.2) is 24.3 Å². The molecule has 0 radical (unpaired) electrons. The van der Waals surface area contributed by atoms with E-state index in [1.165, 1.54) is 5.56 Å². The Labute approximate surface area is 163 Å². The molecule has 27 heavy (non-hydrogen) atoms. The first kappa shape index (κ1) is 17.1. The Morgan fingerprint density at radius 1 is 1.04 bits per heavy atom. The van der Waals surface area contributed by atoms with Crippen molar-refractivity contribution in [2.45, 2.75) is 31.7 Å². The molecular formula is C21H20N2O2S2. The monoisotopic (exact) mass is 396 g/mol. The minimum Gasteiger partial charge on any atom is -0.239 e.